The van der Waals surface area contributed by atoms with E-state index in [1.54, 1.807) is 35.2 Å². The van der Waals surface area contributed by atoms with E-state index in [0.29, 0.717) is 17.8 Å². The third-order valence-corrected chi connectivity index (χ3v) is 3.14. The minimum Gasteiger partial charge on any atom is -0.365 e. The lowest BCUT2D eigenvalue weighted by Gasteiger charge is -2.24. The monoisotopic (exact) mass is 272 g/mol. The minimum absolute atomic E-state index is 0.00656. The lowest BCUT2D eigenvalue weighted by Crippen LogP contribution is -2.23. The third-order valence-electron chi connectivity index (χ3n) is 3.14. The van der Waals surface area contributed by atoms with Crippen LogP contribution in [0.25, 0.3) is 0 Å². The Kier molecular flexibility index (Phi) is 4.31. The molecule has 0 fully saturated rings. The van der Waals surface area contributed by atoms with Crippen molar-refractivity contribution < 1.29 is 8.78 Å². The normalized spacial score (nSPS) is 10.1. The predicted octanol–water partition coefficient (Wildman–Crippen LogP) is 3.86. The molecule has 0 heterocycles. The summed E-state index contributed by atoms with van der Waals surface area (Å²) < 4.78 is 27.8. The second kappa shape index (κ2) is 6.16. The fourth-order valence-electron chi connectivity index (χ4n) is 2.07. The van der Waals surface area contributed by atoms with E-state index in [9.17, 15) is 8.78 Å². The van der Waals surface area contributed by atoms with Crippen molar-refractivity contribution in [2.45, 2.75) is 13.5 Å². The predicted molar refractivity (Wildman–Crippen MR) is 74.2 cm³/mol. The molecule has 2 aromatic rings. The number of hydrogen-bond acceptors (Lipinski definition) is 2. The fourth-order valence-corrected chi connectivity index (χ4v) is 2.07. The highest BCUT2D eigenvalue weighted by atomic mass is 19.1. The second-order valence-electron chi connectivity index (χ2n) is 4.36. The van der Waals surface area contributed by atoms with Gasteiger partial charge in [-0.25, -0.2) is 8.78 Å². The molecule has 0 N–H and O–H groups in total. The molecule has 2 rings (SSSR count). The van der Waals surface area contributed by atoms with E-state index < -0.39 is 5.82 Å². The van der Waals surface area contributed by atoms with E-state index in [-0.39, 0.29) is 17.9 Å². The zero-order valence-corrected chi connectivity index (χ0v) is 11.1. The summed E-state index contributed by atoms with van der Waals surface area (Å²) in [4.78, 5) is 1.73. The number of anilines is 1. The molecular weight excluding hydrogens is 258 g/mol. The molecule has 102 valence electrons. The number of nitriles is 1. The summed E-state index contributed by atoms with van der Waals surface area (Å²) >= 11 is 0. The van der Waals surface area contributed by atoms with Gasteiger partial charge in [-0.2, -0.15) is 5.26 Å². The number of nitrogens with zero attached hydrogens (tertiary/aromatic N) is 2. The van der Waals surface area contributed by atoms with E-state index >= 15 is 0 Å². The van der Waals surface area contributed by atoms with Crippen LogP contribution in [0.15, 0.2) is 42.5 Å². The molecule has 0 atom stereocenters. The minimum atomic E-state index is -0.537. The summed E-state index contributed by atoms with van der Waals surface area (Å²) in [6, 6.07) is 12.9. The van der Waals surface area contributed by atoms with Gasteiger partial charge in [0.15, 0.2) is 0 Å². The highest BCUT2D eigenvalue weighted by molar-refractivity contribution is 5.48. The average Bonchev–Trinajstić information content (AvgIpc) is 2.47. The first-order valence-corrected chi connectivity index (χ1v) is 6.34. The molecule has 0 aliphatic carbocycles. The molecule has 0 radical (unpaired) electrons. The molecule has 0 bridgehead atoms. The Morgan fingerprint density at radius 1 is 1.10 bits per heavy atom. The van der Waals surface area contributed by atoms with Crippen molar-refractivity contribution in [2.75, 3.05) is 11.4 Å². The van der Waals surface area contributed by atoms with E-state index in [4.69, 9.17) is 5.26 Å². The average molecular weight is 272 g/mol. The van der Waals surface area contributed by atoms with Gasteiger partial charge in [-0.3, -0.25) is 0 Å². The van der Waals surface area contributed by atoms with Gasteiger partial charge in [0.05, 0.1) is 11.3 Å². The number of rotatable bonds is 4. The summed E-state index contributed by atoms with van der Waals surface area (Å²) in [5.41, 5.74) is 0.818. The zero-order chi connectivity index (χ0) is 14.5. The molecule has 0 aliphatic heterocycles. The smallest absolute Gasteiger partial charge is 0.146 e. The lowest BCUT2D eigenvalue weighted by molar-refractivity contribution is 0.593. The quantitative estimate of drug-likeness (QED) is 0.845. The third kappa shape index (κ3) is 2.77. The van der Waals surface area contributed by atoms with Crippen molar-refractivity contribution in [3.63, 3.8) is 0 Å². The van der Waals surface area contributed by atoms with Gasteiger partial charge < -0.3 is 4.90 Å². The Balaban J connectivity index is 2.33. The van der Waals surface area contributed by atoms with Crippen LogP contribution in [0.3, 0.4) is 0 Å². The Hall–Kier alpha value is -2.41. The second-order valence-corrected chi connectivity index (χ2v) is 4.36. The largest absolute Gasteiger partial charge is 0.365 e. The van der Waals surface area contributed by atoms with Crippen molar-refractivity contribution in [3.8, 4) is 6.07 Å². The number of hydrogen-bond donors (Lipinski definition) is 0. The van der Waals surface area contributed by atoms with Crippen LogP contribution in [0.4, 0.5) is 14.5 Å². The molecule has 0 amide bonds. The number of benzene rings is 2. The maximum Gasteiger partial charge on any atom is 0.146 e. The van der Waals surface area contributed by atoms with E-state index in [1.807, 2.05) is 13.0 Å². The topological polar surface area (TPSA) is 27.0 Å². The van der Waals surface area contributed by atoms with E-state index in [0.717, 1.165) is 0 Å². The Bertz CT molecular complexity index is 647. The van der Waals surface area contributed by atoms with Crippen LogP contribution in [0, 0.1) is 23.0 Å². The van der Waals surface area contributed by atoms with E-state index in [2.05, 4.69) is 0 Å². The number of halogens is 2. The van der Waals surface area contributed by atoms with Crippen LogP contribution >= 0.6 is 0 Å². The van der Waals surface area contributed by atoms with Gasteiger partial charge >= 0.3 is 0 Å². The first-order valence-electron chi connectivity index (χ1n) is 6.34. The molecule has 0 unspecified atom stereocenters. The van der Waals surface area contributed by atoms with Gasteiger partial charge in [0.1, 0.15) is 17.7 Å². The van der Waals surface area contributed by atoms with Crippen LogP contribution < -0.4 is 4.90 Å². The summed E-state index contributed by atoms with van der Waals surface area (Å²) in [7, 11) is 0. The molecule has 0 aromatic heterocycles. The van der Waals surface area contributed by atoms with Gasteiger partial charge in [-0.05, 0) is 25.1 Å². The standard InChI is InChI=1S/C16H14F2N2/c1-2-20(15-9-4-3-8-14(15)17)11-13-7-5-6-12(10-19)16(13)18/h3-9H,2,11H2,1H3. The van der Waals surface area contributed by atoms with Gasteiger partial charge in [-0.15, -0.1) is 0 Å². The van der Waals surface area contributed by atoms with Crippen molar-refractivity contribution in [2.24, 2.45) is 0 Å². The Morgan fingerprint density at radius 2 is 1.85 bits per heavy atom. The molecule has 0 saturated carbocycles. The molecule has 20 heavy (non-hydrogen) atoms. The molecule has 0 spiro atoms. The maximum absolute atomic E-state index is 14.0. The van der Waals surface area contributed by atoms with Crippen molar-refractivity contribution in [1.82, 2.24) is 0 Å². The van der Waals surface area contributed by atoms with Crippen LogP contribution in [0.5, 0.6) is 0 Å². The summed E-state index contributed by atoms with van der Waals surface area (Å²) in [6.45, 7) is 2.63. The van der Waals surface area contributed by atoms with Gasteiger partial charge in [0.2, 0.25) is 0 Å². The number of para-hydroxylation sites is 1. The first kappa shape index (κ1) is 14.0. The van der Waals surface area contributed by atoms with Crippen LogP contribution in [0.1, 0.15) is 18.1 Å². The van der Waals surface area contributed by atoms with E-state index in [1.165, 1.54) is 12.1 Å². The lowest BCUT2D eigenvalue weighted by atomic mass is 10.1. The summed E-state index contributed by atoms with van der Waals surface area (Å²) in [5.74, 6) is -0.879. The van der Waals surface area contributed by atoms with Gasteiger partial charge in [0, 0.05) is 18.7 Å². The van der Waals surface area contributed by atoms with Crippen LogP contribution in [-0.4, -0.2) is 6.54 Å². The first-order chi connectivity index (χ1) is 9.67. The molecular formula is C16H14F2N2. The molecule has 4 heteroatoms. The molecule has 0 aliphatic rings. The van der Waals surface area contributed by atoms with Crippen LogP contribution in [-0.2, 0) is 6.54 Å². The Labute approximate surface area is 116 Å². The molecule has 0 saturated heterocycles. The highest BCUT2D eigenvalue weighted by Crippen LogP contribution is 2.22. The maximum atomic E-state index is 14.0. The SMILES string of the molecule is CCN(Cc1cccc(C#N)c1F)c1ccccc1F. The Morgan fingerprint density at radius 3 is 2.50 bits per heavy atom. The molecule has 2 aromatic carbocycles. The highest BCUT2D eigenvalue weighted by Gasteiger charge is 2.14. The summed E-state index contributed by atoms with van der Waals surface area (Å²) in [5, 5.41) is 8.83. The summed E-state index contributed by atoms with van der Waals surface area (Å²) in [6.07, 6.45) is 0. The van der Waals surface area contributed by atoms with Crippen molar-refractivity contribution >= 4 is 5.69 Å². The van der Waals surface area contributed by atoms with Crippen molar-refractivity contribution in [1.29, 1.82) is 5.26 Å². The van der Waals surface area contributed by atoms with Gasteiger partial charge in [0.25, 0.3) is 0 Å². The fraction of sp³-hybridized carbons (Fsp3) is 0.188. The zero-order valence-electron chi connectivity index (χ0n) is 11.1. The van der Waals surface area contributed by atoms with Gasteiger partial charge in [-0.1, -0.05) is 24.3 Å². The van der Waals surface area contributed by atoms with Crippen LogP contribution in [0.2, 0.25) is 0 Å². The molecule has 2 nitrogen and oxygen atoms in total. The van der Waals surface area contributed by atoms with Crippen molar-refractivity contribution in [3.05, 3.63) is 65.2 Å².